The SMILES string of the molecule is CCOc1ccc(S(=O)(=O)NCC#CCOc2cccc(C(F)(F)F)c2)cc1C. The molecule has 0 heterocycles. The summed E-state index contributed by atoms with van der Waals surface area (Å²) >= 11 is 0. The van der Waals surface area contributed by atoms with Crippen molar-refractivity contribution in [2.75, 3.05) is 19.8 Å². The maximum Gasteiger partial charge on any atom is 0.416 e. The van der Waals surface area contributed by atoms with Crippen molar-refractivity contribution in [2.24, 2.45) is 0 Å². The van der Waals surface area contributed by atoms with Gasteiger partial charge < -0.3 is 9.47 Å². The number of ether oxygens (including phenoxy) is 2. The molecule has 0 amide bonds. The van der Waals surface area contributed by atoms with Gasteiger partial charge >= 0.3 is 6.18 Å². The van der Waals surface area contributed by atoms with Crippen molar-refractivity contribution >= 4 is 10.0 Å². The van der Waals surface area contributed by atoms with E-state index < -0.39 is 21.8 Å². The van der Waals surface area contributed by atoms with Gasteiger partial charge in [-0.25, -0.2) is 8.42 Å². The summed E-state index contributed by atoms with van der Waals surface area (Å²) in [5.74, 6) is 5.75. The van der Waals surface area contributed by atoms with E-state index in [0.717, 1.165) is 12.1 Å². The van der Waals surface area contributed by atoms with E-state index in [1.165, 1.54) is 24.3 Å². The quantitative estimate of drug-likeness (QED) is 0.684. The first-order valence-corrected chi connectivity index (χ1v) is 10.1. The van der Waals surface area contributed by atoms with Gasteiger partial charge in [-0.3, -0.25) is 0 Å². The molecule has 0 bridgehead atoms. The molecule has 5 nitrogen and oxygen atoms in total. The standard InChI is InChI=1S/C20H20F3NO4S/c1-3-27-19-10-9-18(13-15(19)2)29(25,26)24-11-4-5-12-28-17-8-6-7-16(14-17)20(21,22)23/h6-10,13-14,24H,3,11-12H2,1-2H3. The van der Waals surface area contributed by atoms with Crippen LogP contribution in [0.4, 0.5) is 13.2 Å². The minimum atomic E-state index is -4.46. The third kappa shape index (κ3) is 6.69. The summed E-state index contributed by atoms with van der Waals surface area (Å²) in [6.07, 6.45) is -4.46. The molecule has 0 saturated heterocycles. The molecule has 0 atom stereocenters. The van der Waals surface area contributed by atoms with Crippen molar-refractivity contribution in [3.05, 3.63) is 53.6 Å². The Morgan fingerprint density at radius 2 is 1.83 bits per heavy atom. The molecule has 0 aliphatic heterocycles. The summed E-state index contributed by atoms with van der Waals surface area (Å²) < 4.78 is 75.3. The van der Waals surface area contributed by atoms with E-state index in [2.05, 4.69) is 16.6 Å². The highest BCUT2D eigenvalue weighted by atomic mass is 32.2. The number of benzene rings is 2. The molecule has 0 aromatic heterocycles. The van der Waals surface area contributed by atoms with E-state index >= 15 is 0 Å². The van der Waals surface area contributed by atoms with E-state index in [0.29, 0.717) is 17.9 Å². The third-order valence-corrected chi connectivity index (χ3v) is 5.10. The van der Waals surface area contributed by atoms with Gasteiger partial charge in [0, 0.05) is 0 Å². The highest BCUT2D eigenvalue weighted by Gasteiger charge is 2.30. The Hall–Kier alpha value is -2.70. The molecule has 0 aliphatic rings. The summed E-state index contributed by atoms with van der Waals surface area (Å²) in [5, 5.41) is 0. The van der Waals surface area contributed by atoms with Crippen molar-refractivity contribution in [3.8, 4) is 23.3 Å². The lowest BCUT2D eigenvalue weighted by atomic mass is 10.2. The van der Waals surface area contributed by atoms with Crippen LogP contribution in [0.1, 0.15) is 18.1 Å². The van der Waals surface area contributed by atoms with Crippen LogP contribution in [0.5, 0.6) is 11.5 Å². The zero-order valence-corrected chi connectivity index (χ0v) is 16.7. The predicted molar refractivity (Wildman–Crippen MR) is 102 cm³/mol. The fourth-order valence-corrected chi connectivity index (χ4v) is 3.32. The lowest BCUT2D eigenvalue weighted by Gasteiger charge is -2.09. The third-order valence-electron chi connectivity index (χ3n) is 3.70. The summed E-state index contributed by atoms with van der Waals surface area (Å²) in [5.41, 5.74) is -0.128. The fraction of sp³-hybridized carbons (Fsp3) is 0.300. The van der Waals surface area contributed by atoms with Gasteiger partial charge in [0.1, 0.15) is 18.1 Å². The zero-order chi connectivity index (χ0) is 21.5. The van der Waals surface area contributed by atoms with E-state index in [4.69, 9.17) is 9.47 Å². The Kier molecular flexibility index (Phi) is 7.53. The van der Waals surface area contributed by atoms with Crippen molar-refractivity contribution in [2.45, 2.75) is 24.9 Å². The average molecular weight is 427 g/mol. The second-order valence-corrected chi connectivity index (χ2v) is 7.62. The van der Waals surface area contributed by atoms with Gasteiger partial charge in [-0.15, -0.1) is 0 Å². The van der Waals surface area contributed by atoms with E-state index in [1.54, 1.807) is 13.0 Å². The largest absolute Gasteiger partial charge is 0.494 e. The Labute approximate surface area is 167 Å². The summed E-state index contributed by atoms with van der Waals surface area (Å²) in [6.45, 7) is 3.71. The first kappa shape index (κ1) is 22.6. The molecular weight excluding hydrogens is 407 g/mol. The van der Waals surface area contributed by atoms with E-state index in [1.807, 2.05) is 6.92 Å². The highest BCUT2D eigenvalue weighted by molar-refractivity contribution is 7.89. The average Bonchev–Trinajstić information content (AvgIpc) is 2.66. The molecule has 0 unspecified atom stereocenters. The monoisotopic (exact) mass is 427 g/mol. The second-order valence-electron chi connectivity index (χ2n) is 5.85. The van der Waals surface area contributed by atoms with Gasteiger partial charge in [0.2, 0.25) is 10.0 Å². The van der Waals surface area contributed by atoms with Crippen LogP contribution in [0, 0.1) is 18.8 Å². The van der Waals surface area contributed by atoms with Crippen LogP contribution in [-0.2, 0) is 16.2 Å². The molecule has 0 radical (unpaired) electrons. The van der Waals surface area contributed by atoms with Gasteiger partial charge in [0.25, 0.3) is 0 Å². The number of sulfonamides is 1. The van der Waals surface area contributed by atoms with Gasteiger partial charge in [-0.05, 0) is 55.8 Å². The van der Waals surface area contributed by atoms with Crippen LogP contribution >= 0.6 is 0 Å². The molecule has 29 heavy (non-hydrogen) atoms. The Bertz CT molecular complexity index is 1010. The molecule has 0 spiro atoms. The Balaban J connectivity index is 1.89. The molecule has 1 N–H and O–H groups in total. The zero-order valence-electron chi connectivity index (χ0n) is 15.8. The van der Waals surface area contributed by atoms with Crippen LogP contribution in [-0.4, -0.2) is 28.2 Å². The molecule has 0 saturated carbocycles. The molecule has 2 rings (SSSR count). The van der Waals surface area contributed by atoms with Gasteiger partial charge in [-0.2, -0.15) is 17.9 Å². The Morgan fingerprint density at radius 3 is 2.48 bits per heavy atom. The van der Waals surface area contributed by atoms with Crippen molar-refractivity contribution in [1.82, 2.24) is 4.72 Å². The van der Waals surface area contributed by atoms with Gasteiger partial charge in [0.15, 0.2) is 0 Å². The maximum absolute atomic E-state index is 12.6. The lowest BCUT2D eigenvalue weighted by Crippen LogP contribution is -2.24. The molecule has 2 aromatic carbocycles. The molecule has 2 aromatic rings. The first-order chi connectivity index (χ1) is 13.6. The minimum absolute atomic E-state index is 0.0274. The van der Waals surface area contributed by atoms with E-state index in [9.17, 15) is 21.6 Å². The molecular formula is C20H20F3NO4S. The van der Waals surface area contributed by atoms with Crippen LogP contribution < -0.4 is 14.2 Å². The fourth-order valence-electron chi connectivity index (χ4n) is 2.32. The topological polar surface area (TPSA) is 64.6 Å². The number of hydrogen-bond donors (Lipinski definition) is 1. The van der Waals surface area contributed by atoms with Crippen molar-refractivity contribution in [1.29, 1.82) is 0 Å². The van der Waals surface area contributed by atoms with Crippen LogP contribution in [0.3, 0.4) is 0 Å². The van der Waals surface area contributed by atoms with Crippen LogP contribution in [0.15, 0.2) is 47.4 Å². The Morgan fingerprint density at radius 1 is 1.07 bits per heavy atom. The molecule has 9 heteroatoms. The number of aryl methyl sites for hydroxylation is 1. The number of rotatable bonds is 7. The minimum Gasteiger partial charge on any atom is -0.494 e. The van der Waals surface area contributed by atoms with Crippen LogP contribution in [0.2, 0.25) is 0 Å². The lowest BCUT2D eigenvalue weighted by molar-refractivity contribution is -0.137. The van der Waals surface area contributed by atoms with Gasteiger partial charge in [-0.1, -0.05) is 17.9 Å². The number of alkyl halides is 3. The highest BCUT2D eigenvalue weighted by Crippen LogP contribution is 2.31. The molecule has 156 valence electrons. The summed E-state index contributed by atoms with van der Waals surface area (Å²) in [6, 6.07) is 8.95. The maximum atomic E-state index is 12.6. The van der Waals surface area contributed by atoms with Gasteiger partial charge in [0.05, 0.1) is 23.6 Å². The number of hydrogen-bond acceptors (Lipinski definition) is 4. The van der Waals surface area contributed by atoms with E-state index in [-0.39, 0.29) is 23.8 Å². The smallest absolute Gasteiger partial charge is 0.416 e. The summed E-state index contributed by atoms with van der Waals surface area (Å²) in [4.78, 5) is 0.0838. The van der Waals surface area contributed by atoms with Crippen molar-refractivity contribution < 1.29 is 31.1 Å². The predicted octanol–water partition coefficient (Wildman–Crippen LogP) is 3.77. The summed E-state index contributed by atoms with van der Waals surface area (Å²) in [7, 11) is -3.75. The number of halogens is 3. The number of nitrogens with one attached hydrogen (secondary N) is 1. The molecule has 0 fully saturated rings. The van der Waals surface area contributed by atoms with Crippen LogP contribution in [0.25, 0.3) is 0 Å². The molecule has 0 aliphatic carbocycles. The van der Waals surface area contributed by atoms with Crippen molar-refractivity contribution in [3.63, 3.8) is 0 Å². The second kappa shape index (κ2) is 9.67. The normalized spacial score (nSPS) is 11.5. The first-order valence-electron chi connectivity index (χ1n) is 8.62.